The van der Waals surface area contributed by atoms with Crippen LogP contribution in [0.1, 0.15) is 61.0 Å². The predicted molar refractivity (Wildman–Crippen MR) is 112 cm³/mol. The lowest BCUT2D eigenvalue weighted by atomic mass is 9.68. The minimum absolute atomic E-state index is 0.0785. The van der Waals surface area contributed by atoms with Gasteiger partial charge in [0.25, 0.3) is 5.91 Å². The molecule has 29 heavy (non-hydrogen) atoms. The largest absolute Gasteiger partial charge is 0.497 e. The van der Waals surface area contributed by atoms with Crippen LogP contribution < -0.4 is 4.74 Å². The first-order chi connectivity index (χ1) is 14.2. The Balaban J connectivity index is 1.51. The van der Waals surface area contributed by atoms with Gasteiger partial charge in [0.1, 0.15) is 5.75 Å². The molecule has 5 nitrogen and oxygen atoms in total. The summed E-state index contributed by atoms with van der Waals surface area (Å²) < 4.78 is 5.22. The molecular formula is C24H30N2O3. The molecule has 1 aromatic heterocycles. The summed E-state index contributed by atoms with van der Waals surface area (Å²) in [4.78, 5) is 20.1. The summed E-state index contributed by atoms with van der Waals surface area (Å²) in [5.41, 5.74) is 1.73. The van der Waals surface area contributed by atoms with Gasteiger partial charge in [-0.05, 0) is 81.3 Å². The lowest BCUT2D eigenvalue weighted by molar-refractivity contribution is 0.0548. The number of hydrogen-bond donors (Lipinski definition) is 1. The first kappa shape index (κ1) is 19.9. The highest BCUT2D eigenvalue weighted by atomic mass is 16.5. The average molecular weight is 395 g/mol. The number of aliphatic hydroxyl groups excluding tert-OH is 1. The Kier molecular flexibility index (Phi) is 5.86. The molecule has 1 heterocycles. The zero-order valence-electron chi connectivity index (χ0n) is 17.1. The summed E-state index contributed by atoms with van der Waals surface area (Å²) in [5, 5.41) is 9.70. The van der Waals surface area contributed by atoms with Gasteiger partial charge in [-0.1, -0.05) is 6.07 Å². The Morgan fingerprint density at radius 3 is 2.34 bits per heavy atom. The number of ether oxygens (including phenoxy) is 1. The van der Waals surface area contributed by atoms with Crippen LogP contribution >= 0.6 is 0 Å². The van der Waals surface area contributed by atoms with Crippen LogP contribution in [-0.2, 0) is 5.41 Å². The lowest BCUT2D eigenvalue weighted by Gasteiger charge is -2.43. The molecule has 0 spiro atoms. The molecule has 1 N–H and O–H groups in total. The first-order valence-corrected chi connectivity index (χ1v) is 10.7. The topological polar surface area (TPSA) is 62.7 Å². The van der Waals surface area contributed by atoms with E-state index < -0.39 is 0 Å². The molecule has 0 atom stereocenters. The maximum absolute atomic E-state index is 13.3. The van der Waals surface area contributed by atoms with Gasteiger partial charge in [0.05, 0.1) is 7.11 Å². The quantitative estimate of drug-likeness (QED) is 0.772. The van der Waals surface area contributed by atoms with E-state index in [0.717, 1.165) is 62.0 Å². The van der Waals surface area contributed by atoms with Crippen molar-refractivity contribution in [2.45, 2.75) is 62.4 Å². The van der Waals surface area contributed by atoms with Gasteiger partial charge in [-0.2, -0.15) is 0 Å². The third-order valence-corrected chi connectivity index (χ3v) is 6.62. The second kappa shape index (κ2) is 8.54. The Hall–Kier alpha value is -2.40. The van der Waals surface area contributed by atoms with E-state index in [1.165, 1.54) is 0 Å². The fraction of sp³-hybridized carbons (Fsp3) is 0.500. The fourth-order valence-electron chi connectivity index (χ4n) is 4.82. The van der Waals surface area contributed by atoms with Crippen molar-refractivity contribution in [2.75, 3.05) is 13.7 Å². The molecule has 0 bridgehead atoms. The van der Waals surface area contributed by atoms with Gasteiger partial charge in [-0.25, -0.2) is 0 Å². The highest BCUT2D eigenvalue weighted by molar-refractivity contribution is 5.95. The summed E-state index contributed by atoms with van der Waals surface area (Å²) in [6.45, 7) is 0.165. The number of methoxy groups -OCH3 is 1. The number of rotatable bonds is 7. The smallest absolute Gasteiger partial charge is 0.254 e. The van der Waals surface area contributed by atoms with Gasteiger partial charge in [0.15, 0.2) is 0 Å². The van der Waals surface area contributed by atoms with Crippen molar-refractivity contribution in [1.82, 2.24) is 9.88 Å². The lowest BCUT2D eigenvalue weighted by Crippen LogP contribution is -2.47. The summed E-state index contributed by atoms with van der Waals surface area (Å²) in [6.07, 6.45) is 8.57. The van der Waals surface area contributed by atoms with E-state index in [4.69, 9.17) is 4.74 Å². The number of nitrogens with zero attached hydrogens (tertiary/aromatic N) is 2. The molecule has 4 rings (SSSR count). The molecule has 154 valence electrons. The third kappa shape index (κ3) is 4.15. The van der Waals surface area contributed by atoms with Gasteiger partial charge in [0.2, 0.25) is 0 Å². The van der Waals surface area contributed by atoms with E-state index >= 15 is 0 Å². The third-order valence-electron chi connectivity index (χ3n) is 6.62. The zero-order chi connectivity index (χ0) is 20.3. The maximum atomic E-state index is 13.3. The maximum Gasteiger partial charge on any atom is 0.254 e. The van der Waals surface area contributed by atoms with Gasteiger partial charge in [-0.3, -0.25) is 9.78 Å². The zero-order valence-corrected chi connectivity index (χ0v) is 17.1. The molecule has 2 aliphatic rings. The number of amides is 1. The standard InChI is InChI=1S/C24H30N2O3/c1-29-21-9-5-18(6-10-21)23(28)26(19-7-8-19)20-11-13-24(14-12-20,15-17-27)22-4-2-3-16-25-22/h2-6,9-10,16,19-20,27H,7-8,11-15,17H2,1H3/t20-,24-. The number of pyridine rings is 1. The number of aliphatic hydroxyl groups is 1. The van der Waals surface area contributed by atoms with Crippen LogP contribution in [0.5, 0.6) is 5.75 Å². The Bertz CT molecular complexity index is 810. The second-order valence-corrected chi connectivity index (χ2v) is 8.37. The Labute approximate surface area is 172 Å². The van der Waals surface area contributed by atoms with Crippen LogP contribution in [0.15, 0.2) is 48.7 Å². The molecule has 2 aromatic rings. The number of hydrogen-bond acceptors (Lipinski definition) is 4. The van der Waals surface area contributed by atoms with Crippen LogP contribution in [-0.4, -0.2) is 46.7 Å². The molecule has 5 heteroatoms. The molecule has 0 radical (unpaired) electrons. The minimum atomic E-state index is -0.0785. The number of carbonyl (C=O) groups excluding carboxylic acids is 1. The molecule has 0 unspecified atom stereocenters. The van der Waals surface area contributed by atoms with Crippen molar-refractivity contribution >= 4 is 5.91 Å². The molecule has 0 saturated heterocycles. The van der Waals surface area contributed by atoms with E-state index in [2.05, 4.69) is 16.0 Å². The Morgan fingerprint density at radius 2 is 1.79 bits per heavy atom. The second-order valence-electron chi connectivity index (χ2n) is 8.37. The molecule has 2 fully saturated rings. The van der Waals surface area contributed by atoms with Gasteiger partial charge in [-0.15, -0.1) is 0 Å². The van der Waals surface area contributed by atoms with E-state index in [0.29, 0.717) is 6.04 Å². The normalized spacial score (nSPS) is 24.1. The van der Waals surface area contributed by atoms with Crippen LogP contribution in [0.2, 0.25) is 0 Å². The van der Waals surface area contributed by atoms with Crippen molar-refractivity contribution in [3.8, 4) is 5.75 Å². The van der Waals surface area contributed by atoms with Crippen molar-refractivity contribution in [3.63, 3.8) is 0 Å². The average Bonchev–Trinajstić information content (AvgIpc) is 3.61. The van der Waals surface area contributed by atoms with E-state index in [-0.39, 0.29) is 24.0 Å². The summed E-state index contributed by atoms with van der Waals surface area (Å²) in [6, 6.07) is 14.1. The summed E-state index contributed by atoms with van der Waals surface area (Å²) in [7, 11) is 1.63. The first-order valence-electron chi connectivity index (χ1n) is 10.7. The van der Waals surface area contributed by atoms with Gasteiger partial charge in [0, 0.05) is 41.6 Å². The van der Waals surface area contributed by atoms with Crippen molar-refractivity contribution in [2.24, 2.45) is 0 Å². The predicted octanol–water partition coefficient (Wildman–Crippen LogP) is 3.96. The number of benzene rings is 1. The molecule has 1 amide bonds. The van der Waals surface area contributed by atoms with Gasteiger partial charge < -0.3 is 14.7 Å². The molecule has 1 aromatic carbocycles. The SMILES string of the molecule is COc1ccc(C(=O)N(C2CC2)[C@H]2CC[C@](CCO)(c3ccccn3)CC2)cc1. The molecule has 2 saturated carbocycles. The van der Waals surface area contributed by atoms with Crippen molar-refractivity contribution in [3.05, 3.63) is 59.9 Å². The highest BCUT2D eigenvalue weighted by Gasteiger charge is 2.43. The van der Waals surface area contributed by atoms with Crippen LogP contribution in [0.4, 0.5) is 0 Å². The minimum Gasteiger partial charge on any atom is -0.497 e. The number of carbonyl (C=O) groups is 1. The summed E-state index contributed by atoms with van der Waals surface area (Å²) >= 11 is 0. The van der Waals surface area contributed by atoms with E-state index in [1.54, 1.807) is 7.11 Å². The number of aromatic nitrogens is 1. The van der Waals surface area contributed by atoms with E-state index in [1.807, 2.05) is 42.6 Å². The van der Waals surface area contributed by atoms with Crippen LogP contribution in [0, 0.1) is 0 Å². The van der Waals surface area contributed by atoms with Crippen LogP contribution in [0.3, 0.4) is 0 Å². The van der Waals surface area contributed by atoms with E-state index in [9.17, 15) is 9.90 Å². The summed E-state index contributed by atoms with van der Waals surface area (Å²) in [5.74, 6) is 0.897. The van der Waals surface area contributed by atoms with Crippen molar-refractivity contribution < 1.29 is 14.6 Å². The molecule has 2 aliphatic carbocycles. The fourth-order valence-corrected chi connectivity index (χ4v) is 4.82. The van der Waals surface area contributed by atoms with Crippen LogP contribution in [0.25, 0.3) is 0 Å². The van der Waals surface area contributed by atoms with Gasteiger partial charge >= 0.3 is 0 Å². The Morgan fingerprint density at radius 1 is 1.10 bits per heavy atom. The monoisotopic (exact) mass is 394 g/mol. The van der Waals surface area contributed by atoms with Crippen molar-refractivity contribution in [1.29, 1.82) is 0 Å². The molecule has 0 aliphatic heterocycles. The molecular weight excluding hydrogens is 364 g/mol. The highest BCUT2D eigenvalue weighted by Crippen LogP contribution is 2.44.